The predicted molar refractivity (Wildman–Crippen MR) is 95.4 cm³/mol. The predicted octanol–water partition coefficient (Wildman–Crippen LogP) is 1.41. The Morgan fingerprint density at radius 3 is 2.50 bits per heavy atom. The lowest BCUT2D eigenvalue weighted by molar-refractivity contribution is 0.0939. The van der Waals surface area contributed by atoms with Crippen LogP contribution in [-0.2, 0) is 9.84 Å². The Balaban J connectivity index is 0.00000288. The number of fused-ring (bicyclic) bond motifs is 1. The number of pyridine rings is 1. The van der Waals surface area contributed by atoms with Crippen LogP contribution in [0.2, 0.25) is 0 Å². The highest BCUT2D eigenvalue weighted by atomic mass is 35.5. The monoisotopic (exact) mass is 374 g/mol. The first kappa shape index (κ1) is 20.4. The van der Waals surface area contributed by atoms with Crippen molar-refractivity contribution in [3.63, 3.8) is 0 Å². The van der Waals surface area contributed by atoms with Crippen molar-refractivity contribution in [2.45, 2.75) is 37.4 Å². The van der Waals surface area contributed by atoms with Crippen LogP contribution in [0.1, 0.15) is 37.2 Å². The van der Waals surface area contributed by atoms with Crippen LogP contribution in [0.3, 0.4) is 0 Å². The minimum atomic E-state index is -3.55. The Bertz CT molecular complexity index is 828. The maximum absolute atomic E-state index is 12.4. The second kappa shape index (κ2) is 7.50. The molecule has 2 heterocycles. The molecule has 0 saturated heterocycles. The molecule has 2 aromatic heterocycles. The highest BCUT2D eigenvalue weighted by molar-refractivity contribution is 7.90. The molecule has 0 aromatic carbocycles. The van der Waals surface area contributed by atoms with Gasteiger partial charge in [-0.05, 0) is 25.0 Å². The summed E-state index contributed by atoms with van der Waals surface area (Å²) in [6, 6.07) is 5.07. The maximum atomic E-state index is 12.4. The van der Waals surface area contributed by atoms with Crippen LogP contribution < -0.4 is 11.1 Å². The van der Waals surface area contributed by atoms with E-state index in [2.05, 4.69) is 10.3 Å². The first-order valence-corrected chi connectivity index (χ1v) is 9.35. The van der Waals surface area contributed by atoms with E-state index in [1.54, 1.807) is 24.4 Å². The van der Waals surface area contributed by atoms with Gasteiger partial charge in [0.2, 0.25) is 15.0 Å². The van der Waals surface area contributed by atoms with Gasteiger partial charge in [0.25, 0.3) is 5.91 Å². The SMILES string of the molecule is CCC(N)(CC)CNC(=O)c1nc(S(C)(=O)=O)n2ccccc12.Cl. The zero-order valence-corrected chi connectivity index (χ0v) is 15.6. The first-order chi connectivity index (χ1) is 10.7. The van der Waals surface area contributed by atoms with Crippen molar-refractivity contribution in [1.29, 1.82) is 0 Å². The molecule has 2 rings (SSSR count). The van der Waals surface area contributed by atoms with Gasteiger partial charge in [-0.2, -0.15) is 0 Å². The molecule has 0 radical (unpaired) electrons. The van der Waals surface area contributed by atoms with Gasteiger partial charge in [-0.15, -0.1) is 12.4 Å². The van der Waals surface area contributed by atoms with Gasteiger partial charge in [-0.1, -0.05) is 19.9 Å². The zero-order valence-electron chi connectivity index (χ0n) is 13.9. The average Bonchev–Trinajstić information content (AvgIpc) is 2.92. The summed E-state index contributed by atoms with van der Waals surface area (Å²) in [5.41, 5.74) is 6.22. The molecule has 0 atom stereocenters. The number of hydrogen-bond acceptors (Lipinski definition) is 5. The fourth-order valence-corrected chi connectivity index (χ4v) is 3.05. The van der Waals surface area contributed by atoms with Gasteiger partial charge in [-0.3, -0.25) is 9.20 Å². The minimum absolute atomic E-state index is 0. The number of imidazole rings is 1. The Labute approximate surface area is 148 Å². The molecule has 0 unspecified atom stereocenters. The van der Waals surface area contributed by atoms with Crippen molar-refractivity contribution in [2.75, 3.05) is 12.8 Å². The number of sulfone groups is 1. The Hall–Kier alpha value is -1.64. The van der Waals surface area contributed by atoms with Crippen molar-refractivity contribution in [3.05, 3.63) is 30.1 Å². The van der Waals surface area contributed by atoms with Crippen molar-refractivity contribution < 1.29 is 13.2 Å². The normalized spacial score (nSPS) is 12.0. The molecule has 0 aliphatic rings. The fraction of sp³-hybridized carbons (Fsp3) is 0.467. The van der Waals surface area contributed by atoms with Crippen LogP contribution >= 0.6 is 12.4 Å². The van der Waals surface area contributed by atoms with Crippen molar-refractivity contribution in [2.24, 2.45) is 5.73 Å². The lowest BCUT2D eigenvalue weighted by Gasteiger charge is -2.26. The molecular formula is C15H23ClN4O3S. The van der Waals surface area contributed by atoms with Crippen LogP contribution in [0.5, 0.6) is 0 Å². The van der Waals surface area contributed by atoms with Crippen LogP contribution in [-0.4, -0.2) is 42.0 Å². The molecule has 0 saturated carbocycles. The fourth-order valence-electron chi connectivity index (χ4n) is 2.28. The standard InChI is InChI=1S/C15H22N4O3S.ClH/c1-4-15(16,5-2)10-17-13(20)12-11-8-6-7-9-19(11)14(18-12)23(3,21)22;/h6-9H,4-5,10,16H2,1-3H3,(H,17,20);1H. The smallest absolute Gasteiger partial charge is 0.272 e. The number of nitrogens with one attached hydrogen (secondary N) is 1. The van der Waals surface area contributed by atoms with Crippen molar-refractivity contribution in [3.8, 4) is 0 Å². The number of amides is 1. The Kier molecular flexibility index (Phi) is 6.38. The van der Waals surface area contributed by atoms with Crippen LogP contribution in [0.4, 0.5) is 0 Å². The number of carbonyl (C=O) groups excluding carboxylic acids is 1. The Morgan fingerprint density at radius 2 is 1.96 bits per heavy atom. The lowest BCUT2D eigenvalue weighted by atomic mass is 9.94. The number of nitrogens with zero attached hydrogens (tertiary/aromatic N) is 2. The Morgan fingerprint density at radius 1 is 1.33 bits per heavy atom. The molecule has 3 N–H and O–H groups in total. The summed E-state index contributed by atoms with van der Waals surface area (Å²) < 4.78 is 25.1. The molecule has 0 aliphatic carbocycles. The second-order valence-electron chi connectivity index (χ2n) is 5.72. The van der Waals surface area contributed by atoms with Gasteiger partial charge >= 0.3 is 0 Å². The number of carbonyl (C=O) groups is 1. The van der Waals surface area contributed by atoms with Gasteiger partial charge < -0.3 is 11.1 Å². The molecule has 24 heavy (non-hydrogen) atoms. The van der Waals surface area contributed by atoms with Crippen LogP contribution in [0, 0.1) is 0 Å². The maximum Gasteiger partial charge on any atom is 0.272 e. The molecular weight excluding hydrogens is 352 g/mol. The van der Waals surface area contributed by atoms with Gasteiger partial charge in [0.1, 0.15) is 0 Å². The molecule has 2 aromatic rings. The third kappa shape index (κ3) is 4.06. The second-order valence-corrected chi connectivity index (χ2v) is 7.63. The molecule has 7 nitrogen and oxygen atoms in total. The van der Waals surface area contributed by atoms with Gasteiger partial charge in [-0.25, -0.2) is 13.4 Å². The van der Waals surface area contributed by atoms with E-state index in [9.17, 15) is 13.2 Å². The molecule has 9 heteroatoms. The molecule has 0 fully saturated rings. The topological polar surface area (TPSA) is 107 Å². The van der Waals surface area contributed by atoms with Crippen molar-refractivity contribution in [1.82, 2.24) is 14.7 Å². The lowest BCUT2D eigenvalue weighted by Crippen LogP contribution is -2.49. The van der Waals surface area contributed by atoms with E-state index in [4.69, 9.17) is 5.73 Å². The van der Waals surface area contributed by atoms with E-state index >= 15 is 0 Å². The summed E-state index contributed by atoms with van der Waals surface area (Å²) in [5.74, 6) is -0.430. The summed E-state index contributed by atoms with van der Waals surface area (Å²) in [4.78, 5) is 16.5. The number of rotatable bonds is 6. The minimum Gasteiger partial charge on any atom is -0.349 e. The van der Waals surface area contributed by atoms with Crippen molar-refractivity contribution >= 4 is 33.7 Å². The quantitative estimate of drug-likeness (QED) is 0.794. The molecule has 0 spiro atoms. The molecule has 0 bridgehead atoms. The third-order valence-corrected chi connectivity index (χ3v) is 5.02. The summed E-state index contributed by atoms with van der Waals surface area (Å²) >= 11 is 0. The third-order valence-electron chi connectivity index (χ3n) is 4.07. The van der Waals surface area contributed by atoms with E-state index in [0.29, 0.717) is 12.1 Å². The number of halogens is 1. The number of nitrogens with two attached hydrogens (primary N) is 1. The van der Waals surface area contributed by atoms with E-state index in [1.165, 1.54) is 4.40 Å². The van der Waals surface area contributed by atoms with Crippen LogP contribution in [0.15, 0.2) is 29.6 Å². The molecule has 0 aliphatic heterocycles. The summed E-state index contributed by atoms with van der Waals surface area (Å²) in [6.07, 6.45) is 4.08. The highest BCUT2D eigenvalue weighted by Gasteiger charge is 2.25. The zero-order chi connectivity index (χ0) is 17.3. The van der Waals surface area contributed by atoms with Crippen LogP contribution in [0.25, 0.3) is 5.52 Å². The van der Waals surface area contributed by atoms with Gasteiger partial charge in [0, 0.05) is 24.5 Å². The number of hydrogen-bond donors (Lipinski definition) is 2. The first-order valence-electron chi connectivity index (χ1n) is 7.46. The highest BCUT2D eigenvalue weighted by Crippen LogP contribution is 2.17. The van der Waals surface area contributed by atoms with Gasteiger partial charge in [0.05, 0.1) is 5.52 Å². The number of aromatic nitrogens is 2. The summed E-state index contributed by atoms with van der Waals surface area (Å²) in [7, 11) is -3.55. The van der Waals surface area contributed by atoms with E-state index < -0.39 is 21.3 Å². The van der Waals surface area contributed by atoms with Gasteiger partial charge in [0.15, 0.2) is 5.69 Å². The van der Waals surface area contributed by atoms with E-state index in [1.807, 2.05) is 13.8 Å². The average molecular weight is 375 g/mol. The molecule has 1 amide bonds. The largest absolute Gasteiger partial charge is 0.349 e. The van der Waals surface area contributed by atoms with E-state index in [-0.39, 0.29) is 23.3 Å². The van der Waals surface area contributed by atoms with E-state index in [0.717, 1.165) is 19.1 Å². The summed E-state index contributed by atoms with van der Waals surface area (Å²) in [5, 5.41) is 2.61. The summed E-state index contributed by atoms with van der Waals surface area (Å²) in [6.45, 7) is 4.23. The molecule has 134 valence electrons.